The molecule has 0 unspecified atom stereocenters. The first-order chi connectivity index (χ1) is 13.6. The number of nitrogens with one attached hydrogen (secondary N) is 1. The van der Waals surface area contributed by atoms with E-state index >= 15 is 0 Å². The van der Waals surface area contributed by atoms with E-state index < -0.39 is 5.97 Å². The lowest BCUT2D eigenvalue weighted by Crippen LogP contribution is -2.31. The van der Waals surface area contributed by atoms with Gasteiger partial charge in [0.25, 0.3) is 0 Å². The zero-order chi connectivity index (χ0) is 19.8. The SMILES string of the molecule is Cc1cc(COC(=O)c2ccccc2SCC(=O)NCC2CCCCC2)on1. The van der Waals surface area contributed by atoms with Gasteiger partial charge in [-0.3, -0.25) is 4.79 Å². The third kappa shape index (κ3) is 6.12. The van der Waals surface area contributed by atoms with E-state index in [4.69, 9.17) is 9.26 Å². The Hall–Kier alpha value is -2.28. The van der Waals surface area contributed by atoms with Crippen molar-refractivity contribution in [2.45, 2.75) is 50.5 Å². The van der Waals surface area contributed by atoms with Crippen LogP contribution < -0.4 is 5.32 Å². The first kappa shape index (κ1) is 20.5. The maximum absolute atomic E-state index is 12.4. The summed E-state index contributed by atoms with van der Waals surface area (Å²) in [6.45, 7) is 2.58. The Morgan fingerprint density at radius 1 is 1.25 bits per heavy atom. The van der Waals surface area contributed by atoms with Crippen LogP contribution in [0, 0.1) is 12.8 Å². The molecule has 2 aromatic rings. The number of aryl methyl sites for hydroxylation is 1. The van der Waals surface area contributed by atoms with Crippen molar-refractivity contribution in [2.75, 3.05) is 12.3 Å². The van der Waals surface area contributed by atoms with Gasteiger partial charge in [-0.1, -0.05) is 36.6 Å². The molecular weight excluding hydrogens is 376 g/mol. The van der Waals surface area contributed by atoms with Crippen molar-refractivity contribution in [1.82, 2.24) is 10.5 Å². The number of ether oxygens (including phenoxy) is 1. The minimum atomic E-state index is -0.445. The fourth-order valence-electron chi connectivity index (χ4n) is 3.30. The molecule has 1 aliphatic carbocycles. The molecule has 150 valence electrons. The molecule has 0 saturated heterocycles. The molecule has 0 radical (unpaired) electrons. The van der Waals surface area contributed by atoms with Crippen molar-refractivity contribution in [3.63, 3.8) is 0 Å². The number of esters is 1. The van der Waals surface area contributed by atoms with Crippen molar-refractivity contribution in [3.05, 3.63) is 47.3 Å². The Kier molecular flexibility index (Phi) is 7.54. The fourth-order valence-corrected chi connectivity index (χ4v) is 4.17. The van der Waals surface area contributed by atoms with Crippen LogP contribution >= 0.6 is 11.8 Å². The van der Waals surface area contributed by atoms with Crippen molar-refractivity contribution in [2.24, 2.45) is 5.92 Å². The van der Waals surface area contributed by atoms with Gasteiger partial charge in [-0.25, -0.2) is 4.79 Å². The minimum Gasteiger partial charge on any atom is -0.454 e. The van der Waals surface area contributed by atoms with Gasteiger partial charge >= 0.3 is 5.97 Å². The van der Waals surface area contributed by atoms with Gasteiger partial charge in [0.05, 0.1) is 17.0 Å². The van der Waals surface area contributed by atoms with Crippen LogP contribution in [0.2, 0.25) is 0 Å². The number of hydrogen-bond donors (Lipinski definition) is 1. The molecule has 0 aliphatic heterocycles. The predicted octanol–water partition coefficient (Wildman–Crippen LogP) is 4.13. The van der Waals surface area contributed by atoms with E-state index in [-0.39, 0.29) is 18.3 Å². The maximum Gasteiger partial charge on any atom is 0.339 e. The average molecular weight is 403 g/mol. The second kappa shape index (κ2) is 10.3. The summed E-state index contributed by atoms with van der Waals surface area (Å²) in [7, 11) is 0. The van der Waals surface area contributed by atoms with Crippen LogP contribution in [0.15, 0.2) is 39.8 Å². The molecule has 1 fully saturated rings. The lowest BCUT2D eigenvalue weighted by molar-refractivity contribution is -0.118. The van der Waals surface area contributed by atoms with Crippen molar-refractivity contribution in [3.8, 4) is 0 Å². The van der Waals surface area contributed by atoms with Crippen LogP contribution in [-0.4, -0.2) is 29.3 Å². The summed E-state index contributed by atoms with van der Waals surface area (Å²) >= 11 is 1.35. The number of thioether (sulfide) groups is 1. The lowest BCUT2D eigenvalue weighted by atomic mass is 9.89. The smallest absolute Gasteiger partial charge is 0.339 e. The highest BCUT2D eigenvalue weighted by Crippen LogP contribution is 2.25. The molecule has 3 rings (SSSR count). The largest absolute Gasteiger partial charge is 0.454 e. The maximum atomic E-state index is 12.4. The Balaban J connectivity index is 1.48. The number of benzene rings is 1. The van der Waals surface area contributed by atoms with E-state index in [1.54, 1.807) is 25.1 Å². The predicted molar refractivity (Wildman–Crippen MR) is 107 cm³/mol. The third-order valence-electron chi connectivity index (χ3n) is 4.80. The molecule has 6 nitrogen and oxygen atoms in total. The highest BCUT2D eigenvalue weighted by molar-refractivity contribution is 8.00. The van der Waals surface area contributed by atoms with E-state index in [0.717, 1.165) is 17.1 Å². The Morgan fingerprint density at radius 3 is 2.79 bits per heavy atom. The molecule has 1 aromatic carbocycles. The summed E-state index contributed by atoms with van der Waals surface area (Å²) < 4.78 is 10.4. The van der Waals surface area contributed by atoms with Gasteiger partial charge in [-0.05, 0) is 37.8 Å². The quantitative estimate of drug-likeness (QED) is 0.528. The molecule has 0 bridgehead atoms. The van der Waals surface area contributed by atoms with Crippen LogP contribution in [0.5, 0.6) is 0 Å². The second-order valence-electron chi connectivity index (χ2n) is 7.10. The Morgan fingerprint density at radius 2 is 2.04 bits per heavy atom. The number of carbonyl (C=O) groups is 2. The normalized spacial score (nSPS) is 14.6. The fraction of sp³-hybridized carbons (Fsp3) is 0.476. The molecule has 7 heteroatoms. The zero-order valence-electron chi connectivity index (χ0n) is 16.1. The number of rotatable bonds is 8. The summed E-state index contributed by atoms with van der Waals surface area (Å²) in [4.78, 5) is 25.3. The number of nitrogens with zero attached hydrogens (tertiary/aromatic N) is 1. The molecule has 0 spiro atoms. The molecule has 1 N–H and O–H groups in total. The minimum absolute atomic E-state index is 0.00382. The summed E-state index contributed by atoms with van der Waals surface area (Å²) in [5.41, 5.74) is 1.19. The van der Waals surface area contributed by atoms with Gasteiger partial charge in [0.15, 0.2) is 12.4 Å². The topological polar surface area (TPSA) is 81.4 Å². The van der Waals surface area contributed by atoms with Crippen LogP contribution in [-0.2, 0) is 16.1 Å². The summed E-state index contributed by atoms with van der Waals surface area (Å²) in [5.74, 6) is 0.927. The summed E-state index contributed by atoms with van der Waals surface area (Å²) in [5, 5.41) is 6.79. The molecule has 0 atom stereocenters. The molecule has 1 saturated carbocycles. The van der Waals surface area contributed by atoms with E-state index in [9.17, 15) is 9.59 Å². The first-order valence-electron chi connectivity index (χ1n) is 9.69. The summed E-state index contributed by atoms with van der Waals surface area (Å²) in [6.07, 6.45) is 6.24. The van der Waals surface area contributed by atoms with Crippen LogP contribution in [0.3, 0.4) is 0 Å². The van der Waals surface area contributed by atoms with Gasteiger partial charge in [0, 0.05) is 17.5 Å². The van der Waals surface area contributed by atoms with Crippen molar-refractivity contribution in [1.29, 1.82) is 0 Å². The number of aromatic nitrogens is 1. The van der Waals surface area contributed by atoms with Gasteiger partial charge in [0.2, 0.25) is 5.91 Å². The molecule has 1 amide bonds. The standard InChI is InChI=1S/C21H26N2O4S/c1-15-11-17(27-23-15)13-26-21(25)18-9-5-6-10-19(18)28-14-20(24)22-12-16-7-3-2-4-8-16/h5-6,9-11,16H,2-4,7-8,12-14H2,1H3,(H,22,24). The molecule has 1 aromatic heterocycles. The molecular formula is C21H26N2O4S. The van der Waals surface area contributed by atoms with Crippen LogP contribution in [0.25, 0.3) is 0 Å². The van der Waals surface area contributed by atoms with Crippen molar-refractivity contribution < 1.29 is 18.8 Å². The van der Waals surface area contributed by atoms with Crippen LogP contribution in [0.4, 0.5) is 0 Å². The highest BCUT2D eigenvalue weighted by Gasteiger charge is 2.17. The lowest BCUT2D eigenvalue weighted by Gasteiger charge is -2.21. The number of carbonyl (C=O) groups excluding carboxylic acids is 2. The molecule has 1 aliphatic rings. The number of amides is 1. The molecule has 1 heterocycles. The second-order valence-corrected chi connectivity index (χ2v) is 8.12. The first-order valence-corrected chi connectivity index (χ1v) is 10.7. The summed E-state index contributed by atoms with van der Waals surface area (Å²) in [6, 6.07) is 8.89. The zero-order valence-corrected chi connectivity index (χ0v) is 16.9. The number of hydrogen-bond acceptors (Lipinski definition) is 6. The monoisotopic (exact) mass is 402 g/mol. The van der Waals surface area contributed by atoms with Gasteiger partial charge in [-0.2, -0.15) is 0 Å². The van der Waals surface area contributed by atoms with E-state index in [2.05, 4.69) is 10.5 Å². The highest BCUT2D eigenvalue weighted by atomic mass is 32.2. The van der Waals surface area contributed by atoms with Crippen LogP contribution in [0.1, 0.15) is 53.9 Å². The Bertz CT molecular complexity index is 799. The van der Waals surface area contributed by atoms with Gasteiger partial charge in [-0.15, -0.1) is 11.8 Å². The van der Waals surface area contributed by atoms with E-state index in [1.165, 1.54) is 43.9 Å². The third-order valence-corrected chi connectivity index (χ3v) is 5.87. The van der Waals surface area contributed by atoms with Gasteiger partial charge < -0.3 is 14.6 Å². The van der Waals surface area contributed by atoms with Crippen molar-refractivity contribution >= 4 is 23.6 Å². The Labute approximate surface area is 169 Å². The van der Waals surface area contributed by atoms with E-state index in [0.29, 0.717) is 17.2 Å². The average Bonchev–Trinajstić information content (AvgIpc) is 3.15. The van der Waals surface area contributed by atoms with E-state index in [1.807, 2.05) is 12.1 Å². The molecule has 28 heavy (non-hydrogen) atoms. The van der Waals surface area contributed by atoms with Gasteiger partial charge in [0.1, 0.15) is 0 Å².